The molecule has 198 valence electrons. The van der Waals surface area contributed by atoms with E-state index in [0.717, 1.165) is 18.5 Å². The first-order valence-electron chi connectivity index (χ1n) is 11.1. The molecule has 0 radical (unpaired) electrons. The number of anilines is 1. The topological polar surface area (TPSA) is 128 Å². The summed E-state index contributed by atoms with van der Waals surface area (Å²) >= 11 is 0. The highest BCUT2D eigenvalue weighted by atomic mass is 32.2. The van der Waals surface area contributed by atoms with E-state index in [-0.39, 0.29) is 40.2 Å². The number of fused-ring (bicyclic) bond motifs is 1. The largest absolute Gasteiger partial charge is 0.419 e. The number of benzene rings is 1. The molecule has 3 heterocycles. The van der Waals surface area contributed by atoms with Crippen LogP contribution in [0.5, 0.6) is 0 Å². The highest BCUT2D eigenvalue weighted by molar-refractivity contribution is 7.91. The van der Waals surface area contributed by atoms with Crippen molar-refractivity contribution >= 4 is 32.5 Å². The van der Waals surface area contributed by atoms with Gasteiger partial charge in [0.2, 0.25) is 0 Å². The Hall–Kier alpha value is -4.13. The first-order chi connectivity index (χ1) is 17.7. The van der Waals surface area contributed by atoms with Crippen molar-refractivity contribution in [2.24, 2.45) is 0 Å². The number of alkyl halides is 3. The molecule has 0 spiro atoms. The predicted octanol–water partition coefficient (Wildman–Crippen LogP) is 4.00. The molecule has 0 saturated heterocycles. The maximum Gasteiger partial charge on any atom is 0.419 e. The third-order valence-electron chi connectivity index (χ3n) is 5.73. The van der Waals surface area contributed by atoms with E-state index >= 15 is 0 Å². The third-order valence-corrected chi connectivity index (χ3v) is 6.84. The van der Waals surface area contributed by atoms with E-state index in [9.17, 15) is 30.8 Å². The lowest BCUT2D eigenvalue weighted by molar-refractivity contribution is -0.137. The number of nitrogens with two attached hydrogens (primary N) is 1. The molecule has 0 atom stereocenters. The maximum atomic E-state index is 13.8. The van der Waals surface area contributed by atoms with E-state index < -0.39 is 39.1 Å². The van der Waals surface area contributed by atoms with Gasteiger partial charge in [-0.05, 0) is 54.4 Å². The van der Waals surface area contributed by atoms with Gasteiger partial charge in [-0.25, -0.2) is 17.8 Å². The molecule has 13 heteroatoms. The van der Waals surface area contributed by atoms with Crippen LogP contribution in [0.2, 0.25) is 0 Å². The number of pyridine rings is 3. The quantitative estimate of drug-likeness (QED) is 0.349. The molecule has 8 nitrogen and oxygen atoms in total. The second-order valence-electron chi connectivity index (χ2n) is 8.65. The van der Waals surface area contributed by atoms with Crippen LogP contribution in [0.4, 0.5) is 23.4 Å². The number of aryl methyl sites for hydroxylation is 1. The fourth-order valence-electron chi connectivity index (χ4n) is 3.91. The Morgan fingerprint density at radius 1 is 1.11 bits per heavy atom. The van der Waals surface area contributed by atoms with Gasteiger partial charge >= 0.3 is 6.18 Å². The Balaban J connectivity index is 1.57. The van der Waals surface area contributed by atoms with Crippen molar-refractivity contribution in [2.75, 3.05) is 12.0 Å². The summed E-state index contributed by atoms with van der Waals surface area (Å²) in [6.07, 6.45) is -1.24. The molecule has 0 aliphatic rings. The molecule has 0 bridgehead atoms. The van der Waals surface area contributed by atoms with Crippen LogP contribution in [0.3, 0.4) is 0 Å². The summed E-state index contributed by atoms with van der Waals surface area (Å²) in [5, 5.41) is 2.85. The molecule has 3 N–H and O–H groups in total. The summed E-state index contributed by atoms with van der Waals surface area (Å²) in [6, 6.07) is 7.94. The molecule has 3 aromatic heterocycles. The van der Waals surface area contributed by atoms with Gasteiger partial charge in [-0.3, -0.25) is 14.8 Å². The lowest BCUT2D eigenvalue weighted by Crippen LogP contribution is -2.24. The Labute approximate surface area is 214 Å². The first kappa shape index (κ1) is 26.9. The van der Waals surface area contributed by atoms with E-state index in [0.29, 0.717) is 16.6 Å². The average molecular weight is 548 g/mol. The van der Waals surface area contributed by atoms with Crippen LogP contribution in [-0.4, -0.2) is 35.5 Å². The number of hydrogen-bond acceptors (Lipinski definition) is 7. The zero-order valence-corrected chi connectivity index (χ0v) is 20.9. The number of amides is 1. The molecular weight excluding hydrogens is 526 g/mol. The van der Waals surface area contributed by atoms with Crippen LogP contribution in [0.15, 0.2) is 53.7 Å². The molecule has 0 unspecified atom stereocenters. The Morgan fingerprint density at radius 2 is 1.84 bits per heavy atom. The number of sulfone groups is 1. The minimum Gasteiger partial charge on any atom is -0.383 e. The smallest absolute Gasteiger partial charge is 0.383 e. The van der Waals surface area contributed by atoms with Gasteiger partial charge in [-0.1, -0.05) is 0 Å². The number of hydrogen-bond donors (Lipinski definition) is 2. The van der Waals surface area contributed by atoms with E-state index in [1.165, 1.54) is 37.4 Å². The standard InChI is InChI=1S/C25H21F4N5O3S/c1-13-17(10-20(23(30)34-13)25(27,28)29)11-33-24(35)15-3-4-31-19(9-15)6-14-5-16-8-18(26)12-32-22(16)21(7-14)38(2,36)37/h3-5,7-10,12H,6,11H2,1-2H3,(H2,30,34)(H,33,35). The summed E-state index contributed by atoms with van der Waals surface area (Å²) < 4.78 is 77.9. The van der Waals surface area contributed by atoms with E-state index in [2.05, 4.69) is 20.3 Å². The van der Waals surface area contributed by atoms with Crippen LogP contribution >= 0.6 is 0 Å². The number of carbonyl (C=O) groups excluding carboxylic acids is 1. The van der Waals surface area contributed by atoms with Crippen molar-refractivity contribution in [3.63, 3.8) is 0 Å². The Morgan fingerprint density at radius 3 is 2.53 bits per heavy atom. The SMILES string of the molecule is Cc1nc(N)c(C(F)(F)F)cc1CNC(=O)c1ccnc(Cc2cc(S(C)(=O)=O)c3ncc(F)cc3c2)c1. The molecule has 1 aromatic carbocycles. The maximum absolute atomic E-state index is 13.8. The highest BCUT2D eigenvalue weighted by Gasteiger charge is 2.34. The fourth-order valence-corrected chi connectivity index (χ4v) is 4.80. The van der Waals surface area contributed by atoms with Crippen molar-refractivity contribution in [1.29, 1.82) is 0 Å². The number of carbonyl (C=O) groups is 1. The second kappa shape index (κ2) is 9.97. The van der Waals surface area contributed by atoms with E-state index in [4.69, 9.17) is 5.73 Å². The van der Waals surface area contributed by atoms with Gasteiger partial charge in [-0.2, -0.15) is 13.2 Å². The molecule has 0 aliphatic heterocycles. The van der Waals surface area contributed by atoms with Crippen molar-refractivity contribution in [1.82, 2.24) is 20.3 Å². The van der Waals surface area contributed by atoms with Crippen molar-refractivity contribution < 1.29 is 30.8 Å². The predicted molar refractivity (Wildman–Crippen MR) is 131 cm³/mol. The van der Waals surface area contributed by atoms with Crippen LogP contribution < -0.4 is 11.1 Å². The van der Waals surface area contributed by atoms with E-state index in [1.807, 2.05) is 0 Å². The molecule has 38 heavy (non-hydrogen) atoms. The molecule has 0 aliphatic carbocycles. The summed E-state index contributed by atoms with van der Waals surface area (Å²) in [5.74, 6) is -1.84. The molecule has 0 fully saturated rings. The summed E-state index contributed by atoms with van der Waals surface area (Å²) in [4.78, 5) is 24.5. The van der Waals surface area contributed by atoms with Crippen molar-refractivity contribution in [3.8, 4) is 0 Å². The second-order valence-corrected chi connectivity index (χ2v) is 10.6. The normalized spacial score (nSPS) is 12.1. The van der Waals surface area contributed by atoms with Crippen LogP contribution in [0.25, 0.3) is 10.9 Å². The Bertz CT molecular complexity index is 1670. The van der Waals surface area contributed by atoms with Gasteiger partial charge in [0.25, 0.3) is 5.91 Å². The van der Waals surface area contributed by atoms with Crippen LogP contribution in [0.1, 0.15) is 38.4 Å². The zero-order chi connectivity index (χ0) is 27.8. The van der Waals surface area contributed by atoms with Crippen molar-refractivity contribution in [2.45, 2.75) is 31.0 Å². The van der Waals surface area contributed by atoms with Gasteiger partial charge in [0, 0.05) is 47.8 Å². The highest BCUT2D eigenvalue weighted by Crippen LogP contribution is 2.33. The van der Waals surface area contributed by atoms with E-state index in [1.54, 1.807) is 6.07 Å². The van der Waals surface area contributed by atoms with Crippen molar-refractivity contribution in [3.05, 3.63) is 88.3 Å². The summed E-state index contributed by atoms with van der Waals surface area (Å²) in [6.45, 7) is 1.26. The minimum atomic E-state index is -4.69. The number of halogens is 4. The lowest BCUT2D eigenvalue weighted by Gasteiger charge is -2.14. The molecular formula is C25H21F4N5O3S. The lowest BCUT2D eigenvalue weighted by atomic mass is 10.0. The number of rotatable bonds is 6. The van der Waals surface area contributed by atoms with Crippen LogP contribution in [0, 0.1) is 12.7 Å². The number of nitrogen functional groups attached to an aromatic ring is 1. The van der Waals surface area contributed by atoms with Crippen LogP contribution in [-0.2, 0) is 29.0 Å². The number of nitrogens with zero attached hydrogens (tertiary/aromatic N) is 3. The molecule has 1 amide bonds. The Kier molecular flexibility index (Phi) is 7.06. The van der Waals surface area contributed by atoms with Gasteiger partial charge in [0.05, 0.1) is 22.2 Å². The number of aromatic nitrogens is 3. The number of nitrogens with one attached hydrogen (secondary N) is 1. The van der Waals surface area contributed by atoms with Gasteiger partial charge in [-0.15, -0.1) is 0 Å². The molecule has 0 saturated carbocycles. The third kappa shape index (κ3) is 5.88. The average Bonchev–Trinajstić information content (AvgIpc) is 2.81. The van der Waals surface area contributed by atoms with Gasteiger partial charge in [0.1, 0.15) is 11.6 Å². The fraction of sp³-hybridized carbons (Fsp3) is 0.200. The summed E-state index contributed by atoms with van der Waals surface area (Å²) in [5.41, 5.74) is 5.94. The zero-order valence-electron chi connectivity index (χ0n) is 20.1. The van der Waals surface area contributed by atoms with Gasteiger partial charge < -0.3 is 11.1 Å². The molecule has 4 aromatic rings. The molecule has 4 rings (SSSR count). The first-order valence-corrected chi connectivity index (χ1v) is 13.0. The monoisotopic (exact) mass is 547 g/mol. The summed E-state index contributed by atoms with van der Waals surface area (Å²) in [7, 11) is -3.68. The minimum absolute atomic E-state index is 0.0652. The van der Waals surface area contributed by atoms with Gasteiger partial charge in [0.15, 0.2) is 9.84 Å².